The third kappa shape index (κ3) is 3.08. The number of hydrogen-bond donors (Lipinski definition) is 1. The molecule has 3 atom stereocenters. The van der Waals surface area contributed by atoms with Gasteiger partial charge < -0.3 is 14.8 Å². The average molecular weight is 341 g/mol. The summed E-state index contributed by atoms with van der Waals surface area (Å²) < 4.78 is 47.6. The summed E-state index contributed by atoms with van der Waals surface area (Å²) in [6, 6.07) is 4.93. The summed E-state index contributed by atoms with van der Waals surface area (Å²) in [5.74, 6) is 0.796. The van der Waals surface area contributed by atoms with Gasteiger partial charge in [0.1, 0.15) is 5.75 Å². The molecule has 2 fully saturated rings. The molecule has 3 unspecified atom stereocenters. The number of nitrogens with one attached hydrogen (secondary N) is 1. The van der Waals surface area contributed by atoms with E-state index in [1.54, 1.807) is 6.07 Å². The molecule has 2 aliphatic heterocycles. The zero-order chi connectivity index (χ0) is 16.7. The lowest BCUT2D eigenvalue weighted by molar-refractivity contribution is -0.274. The highest BCUT2D eigenvalue weighted by molar-refractivity contribution is 5.58. The van der Waals surface area contributed by atoms with E-state index in [2.05, 4.69) is 10.1 Å². The Labute approximate surface area is 139 Å². The lowest BCUT2D eigenvalue weighted by Crippen LogP contribution is -2.45. The van der Waals surface area contributed by atoms with Gasteiger partial charge in [-0.25, -0.2) is 0 Å². The summed E-state index contributed by atoms with van der Waals surface area (Å²) in [5, 5.41) is 3.61. The van der Waals surface area contributed by atoms with Crippen LogP contribution in [-0.2, 0) is 4.74 Å². The molecule has 1 saturated carbocycles. The third-order valence-electron chi connectivity index (χ3n) is 5.62. The Morgan fingerprint density at radius 2 is 1.88 bits per heavy atom. The summed E-state index contributed by atoms with van der Waals surface area (Å²) in [4.78, 5) is 0. The lowest BCUT2D eigenvalue weighted by Gasteiger charge is -2.45. The molecule has 1 aliphatic carbocycles. The Morgan fingerprint density at radius 1 is 1.08 bits per heavy atom. The number of anilines is 1. The van der Waals surface area contributed by atoms with E-state index in [1.165, 1.54) is 37.8 Å². The van der Waals surface area contributed by atoms with Crippen molar-refractivity contribution in [3.05, 3.63) is 23.8 Å². The first kappa shape index (κ1) is 16.1. The van der Waals surface area contributed by atoms with E-state index >= 15 is 0 Å². The molecule has 1 saturated heterocycles. The van der Waals surface area contributed by atoms with Crippen molar-refractivity contribution in [2.24, 2.45) is 11.8 Å². The number of hydrogen-bond acceptors (Lipinski definition) is 3. The highest BCUT2D eigenvalue weighted by atomic mass is 19.4. The van der Waals surface area contributed by atoms with Crippen LogP contribution < -0.4 is 10.1 Å². The molecule has 0 amide bonds. The van der Waals surface area contributed by atoms with Crippen LogP contribution in [0.5, 0.6) is 5.75 Å². The van der Waals surface area contributed by atoms with Gasteiger partial charge in [0.25, 0.3) is 0 Å². The Morgan fingerprint density at radius 3 is 2.62 bits per heavy atom. The molecular weight excluding hydrogens is 319 g/mol. The first-order valence-corrected chi connectivity index (χ1v) is 8.79. The van der Waals surface area contributed by atoms with Gasteiger partial charge in [0.05, 0.1) is 6.10 Å². The molecule has 4 rings (SSSR count). The SMILES string of the molecule is FC(F)(F)Oc1ccc2c(c1)C1OCCCC1C(C1CCCC1)N2. The zero-order valence-corrected chi connectivity index (χ0v) is 13.4. The molecule has 0 spiro atoms. The standard InChI is InChI=1S/C18H22F3NO2/c19-18(20,21)24-12-7-8-15-14(10-12)17-13(6-3-9-23-17)16(22-15)11-4-1-2-5-11/h7-8,10-11,13,16-17,22H,1-6,9H2. The summed E-state index contributed by atoms with van der Waals surface area (Å²) >= 11 is 0. The normalized spacial score (nSPS) is 30.4. The maximum absolute atomic E-state index is 12.5. The minimum atomic E-state index is -4.67. The number of alkyl halides is 3. The molecule has 0 aromatic heterocycles. The average Bonchev–Trinajstić information content (AvgIpc) is 3.07. The predicted molar refractivity (Wildman–Crippen MR) is 83.9 cm³/mol. The van der Waals surface area contributed by atoms with E-state index in [-0.39, 0.29) is 11.9 Å². The molecule has 3 aliphatic rings. The van der Waals surface area contributed by atoms with Crippen molar-refractivity contribution in [1.29, 1.82) is 0 Å². The second-order valence-electron chi connectivity index (χ2n) is 7.11. The summed E-state index contributed by atoms with van der Waals surface area (Å²) in [5.41, 5.74) is 1.69. The second-order valence-corrected chi connectivity index (χ2v) is 7.11. The van der Waals surface area contributed by atoms with E-state index in [0.717, 1.165) is 24.1 Å². The first-order chi connectivity index (χ1) is 11.5. The van der Waals surface area contributed by atoms with Crippen molar-refractivity contribution in [3.8, 4) is 5.75 Å². The molecular formula is C18H22F3NO2. The largest absolute Gasteiger partial charge is 0.573 e. The lowest BCUT2D eigenvalue weighted by atomic mass is 9.75. The van der Waals surface area contributed by atoms with Gasteiger partial charge >= 0.3 is 6.36 Å². The highest BCUT2D eigenvalue weighted by Crippen LogP contribution is 2.49. The topological polar surface area (TPSA) is 30.5 Å². The van der Waals surface area contributed by atoms with Crippen molar-refractivity contribution in [3.63, 3.8) is 0 Å². The fraction of sp³-hybridized carbons (Fsp3) is 0.667. The smallest absolute Gasteiger partial charge is 0.406 e. The fourth-order valence-corrected chi connectivity index (χ4v) is 4.67. The van der Waals surface area contributed by atoms with Crippen molar-refractivity contribution in [2.45, 2.75) is 57.0 Å². The Kier molecular flexibility index (Phi) is 4.11. The van der Waals surface area contributed by atoms with Crippen molar-refractivity contribution >= 4 is 5.69 Å². The molecule has 3 nitrogen and oxygen atoms in total. The third-order valence-corrected chi connectivity index (χ3v) is 5.62. The number of rotatable bonds is 2. The van der Waals surface area contributed by atoms with E-state index in [1.807, 2.05) is 0 Å². The van der Waals surface area contributed by atoms with Crippen LogP contribution in [0.3, 0.4) is 0 Å². The molecule has 0 bridgehead atoms. The van der Waals surface area contributed by atoms with Crippen molar-refractivity contribution < 1.29 is 22.6 Å². The molecule has 1 aromatic rings. The fourth-order valence-electron chi connectivity index (χ4n) is 4.67. The summed E-state index contributed by atoms with van der Waals surface area (Å²) in [7, 11) is 0. The maximum Gasteiger partial charge on any atom is 0.573 e. The Hall–Kier alpha value is -1.43. The monoisotopic (exact) mass is 341 g/mol. The van der Waals surface area contributed by atoms with Crippen LogP contribution in [-0.4, -0.2) is 19.0 Å². The van der Waals surface area contributed by atoms with Gasteiger partial charge in [0, 0.05) is 29.8 Å². The van der Waals surface area contributed by atoms with Gasteiger partial charge in [-0.2, -0.15) is 0 Å². The van der Waals surface area contributed by atoms with Gasteiger partial charge in [-0.05, 0) is 49.8 Å². The van der Waals surface area contributed by atoms with Gasteiger partial charge in [0.2, 0.25) is 0 Å². The zero-order valence-electron chi connectivity index (χ0n) is 13.4. The van der Waals surface area contributed by atoms with Crippen LogP contribution in [0.25, 0.3) is 0 Å². The van der Waals surface area contributed by atoms with Crippen LogP contribution in [0.2, 0.25) is 0 Å². The second kappa shape index (κ2) is 6.14. The number of halogens is 3. The summed E-state index contributed by atoms with van der Waals surface area (Å²) in [6.45, 7) is 0.669. The van der Waals surface area contributed by atoms with Crippen LogP contribution in [0, 0.1) is 11.8 Å². The Bertz CT molecular complexity index is 598. The summed E-state index contributed by atoms with van der Waals surface area (Å²) in [6.07, 6.45) is 2.27. The molecule has 1 aromatic carbocycles. The number of fused-ring (bicyclic) bond motifs is 3. The molecule has 24 heavy (non-hydrogen) atoms. The van der Waals surface area contributed by atoms with Gasteiger partial charge in [0.15, 0.2) is 0 Å². The minimum Gasteiger partial charge on any atom is -0.406 e. The van der Waals surface area contributed by atoms with E-state index < -0.39 is 6.36 Å². The van der Waals surface area contributed by atoms with Crippen LogP contribution in [0.4, 0.5) is 18.9 Å². The number of ether oxygens (including phenoxy) is 2. The predicted octanol–water partition coefficient (Wildman–Crippen LogP) is 5.04. The Balaban J connectivity index is 1.65. The van der Waals surface area contributed by atoms with Crippen LogP contribution >= 0.6 is 0 Å². The molecule has 132 valence electrons. The number of benzene rings is 1. The molecule has 6 heteroatoms. The van der Waals surface area contributed by atoms with Gasteiger partial charge in [-0.1, -0.05) is 12.8 Å². The van der Waals surface area contributed by atoms with E-state index in [9.17, 15) is 13.2 Å². The van der Waals surface area contributed by atoms with Gasteiger partial charge in [-0.3, -0.25) is 0 Å². The van der Waals surface area contributed by atoms with Gasteiger partial charge in [-0.15, -0.1) is 13.2 Å². The maximum atomic E-state index is 12.5. The first-order valence-electron chi connectivity index (χ1n) is 8.79. The molecule has 0 radical (unpaired) electrons. The van der Waals surface area contributed by atoms with Crippen molar-refractivity contribution in [2.75, 3.05) is 11.9 Å². The molecule has 2 heterocycles. The quantitative estimate of drug-likeness (QED) is 0.818. The minimum absolute atomic E-state index is 0.127. The highest BCUT2D eigenvalue weighted by Gasteiger charge is 2.43. The van der Waals surface area contributed by atoms with E-state index in [0.29, 0.717) is 24.5 Å². The van der Waals surface area contributed by atoms with Crippen molar-refractivity contribution in [1.82, 2.24) is 0 Å². The van der Waals surface area contributed by atoms with Crippen LogP contribution in [0.15, 0.2) is 18.2 Å². The van der Waals surface area contributed by atoms with E-state index in [4.69, 9.17) is 4.74 Å². The molecule has 1 N–H and O–H groups in total. The van der Waals surface area contributed by atoms with Crippen LogP contribution in [0.1, 0.15) is 50.2 Å².